The van der Waals surface area contributed by atoms with Gasteiger partial charge in [-0.15, -0.1) is 0 Å². The Hall–Kier alpha value is -2.57. The summed E-state index contributed by atoms with van der Waals surface area (Å²) in [7, 11) is 0. The number of carboxylic acids is 1. The van der Waals surface area contributed by atoms with E-state index in [1.807, 2.05) is 0 Å². The SMILES string of the molecule is O=C([O-])CCC(=O)OCCOC(=O)c1ccc(O)cc1. The van der Waals surface area contributed by atoms with E-state index in [2.05, 4.69) is 4.74 Å². The summed E-state index contributed by atoms with van der Waals surface area (Å²) in [5.74, 6) is -2.62. The molecule has 0 heterocycles. The van der Waals surface area contributed by atoms with Crippen LogP contribution < -0.4 is 5.11 Å². The third-order valence-corrected chi connectivity index (χ3v) is 2.22. The number of rotatable bonds is 7. The lowest BCUT2D eigenvalue weighted by Gasteiger charge is -2.07. The molecular weight excluding hydrogens is 268 g/mol. The first-order chi connectivity index (χ1) is 9.49. The molecule has 0 aliphatic carbocycles. The molecule has 1 aromatic carbocycles. The van der Waals surface area contributed by atoms with Gasteiger partial charge in [-0.2, -0.15) is 0 Å². The summed E-state index contributed by atoms with van der Waals surface area (Å²) in [6.45, 7) is -0.299. The van der Waals surface area contributed by atoms with Crippen LogP contribution in [-0.2, 0) is 19.1 Å². The molecule has 0 spiro atoms. The van der Waals surface area contributed by atoms with Crippen molar-refractivity contribution < 1.29 is 34.1 Å². The van der Waals surface area contributed by atoms with Crippen molar-refractivity contribution in [2.24, 2.45) is 0 Å². The quantitative estimate of drug-likeness (QED) is 0.535. The van der Waals surface area contributed by atoms with Crippen LogP contribution in [0.5, 0.6) is 5.75 Å². The predicted molar refractivity (Wildman–Crippen MR) is 63.6 cm³/mol. The number of esters is 2. The van der Waals surface area contributed by atoms with Crippen LogP contribution in [0.15, 0.2) is 24.3 Å². The summed E-state index contributed by atoms with van der Waals surface area (Å²) >= 11 is 0. The predicted octanol–water partition coefficient (Wildman–Crippen LogP) is -0.378. The highest BCUT2D eigenvalue weighted by molar-refractivity contribution is 5.89. The zero-order valence-corrected chi connectivity index (χ0v) is 10.5. The van der Waals surface area contributed by atoms with Crippen LogP contribution in [0.3, 0.4) is 0 Å². The summed E-state index contributed by atoms with van der Waals surface area (Å²) in [5, 5.41) is 19.1. The maximum Gasteiger partial charge on any atom is 0.338 e. The van der Waals surface area contributed by atoms with Crippen molar-refractivity contribution in [1.82, 2.24) is 0 Å². The Bertz CT molecular complexity index is 478. The first kappa shape index (κ1) is 15.5. The van der Waals surface area contributed by atoms with Crippen LogP contribution in [0.25, 0.3) is 0 Å². The molecule has 7 heteroatoms. The van der Waals surface area contributed by atoms with E-state index in [-0.39, 0.29) is 30.9 Å². The van der Waals surface area contributed by atoms with E-state index < -0.39 is 24.3 Å². The molecule has 0 unspecified atom stereocenters. The maximum absolute atomic E-state index is 11.5. The fourth-order valence-electron chi connectivity index (χ4n) is 1.25. The summed E-state index contributed by atoms with van der Waals surface area (Å²) in [6, 6.07) is 5.47. The van der Waals surface area contributed by atoms with E-state index in [0.717, 1.165) is 0 Å². The van der Waals surface area contributed by atoms with Gasteiger partial charge in [0.05, 0.1) is 12.0 Å². The Labute approximate surface area is 114 Å². The molecule has 0 radical (unpaired) electrons. The number of ether oxygens (including phenoxy) is 2. The lowest BCUT2D eigenvalue weighted by atomic mass is 10.2. The Kier molecular flexibility index (Phi) is 6.02. The van der Waals surface area contributed by atoms with Gasteiger partial charge in [0.15, 0.2) is 0 Å². The Morgan fingerprint density at radius 3 is 2.20 bits per heavy atom. The molecule has 1 N–H and O–H groups in total. The van der Waals surface area contributed by atoms with Crippen molar-refractivity contribution in [3.05, 3.63) is 29.8 Å². The van der Waals surface area contributed by atoms with Crippen molar-refractivity contribution in [3.8, 4) is 5.75 Å². The van der Waals surface area contributed by atoms with Gasteiger partial charge in [-0.1, -0.05) is 0 Å². The molecule has 0 saturated carbocycles. The van der Waals surface area contributed by atoms with Gasteiger partial charge < -0.3 is 24.5 Å². The highest BCUT2D eigenvalue weighted by atomic mass is 16.6. The molecule has 0 aliphatic heterocycles. The molecule has 0 atom stereocenters. The Morgan fingerprint density at radius 2 is 1.60 bits per heavy atom. The van der Waals surface area contributed by atoms with Crippen LogP contribution in [0.1, 0.15) is 23.2 Å². The molecule has 1 rings (SSSR count). The fraction of sp³-hybridized carbons (Fsp3) is 0.308. The largest absolute Gasteiger partial charge is 0.550 e. The normalized spacial score (nSPS) is 9.80. The second kappa shape index (κ2) is 7.78. The minimum absolute atomic E-state index is 0.0309. The Morgan fingerprint density at radius 1 is 1.00 bits per heavy atom. The van der Waals surface area contributed by atoms with E-state index in [1.54, 1.807) is 0 Å². The highest BCUT2D eigenvalue weighted by Crippen LogP contribution is 2.10. The molecule has 0 saturated heterocycles. The Balaban J connectivity index is 2.20. The lowest BCUT2D eigenvalue weighted by molar-refractivity contribution is -0.305. The van der Waals surface area contributed by atoms with Crippen molar-refractivity contribution in [1.29, 1.82) is 0 Å². The van der Waals surface area contributed by atoms with Crippen LogP contribution in [0.4, 0.5) is 0 Å². The number of benzene rings is 1. The van der Waals surface area contributed by atoms with E-state index >= 15 is 0 Å². The third-order valence-electron chi connectivity index (χ3n) is 2.22. The summed E-state index contributed by atoms with van der Waals surface area (Å²) in [5.41, 5.74) is 0.256. The number of carboxylic acid groups (broad SMARTS) is 1. The monoisotopic (exact) mass is 281 g/mol. The van der Waals surface area contributed by atoms with Crippen LogP contribution in [-0.4, -0.2) is 36.2 Å². The third kappa shape index (κ3) is 5.85. The molecule has 20 heavy (non-hydrogen) atoms. The first-order valence-electron chi connectivity index (χ1n) is 5.80. The average Bonchev–Trinajstić information content (AvgIpc) is 2.42. The van der Waals surface area contributed by atoms with Crippen LogP contribution in [0.2, 0.25) is 0 Å². The smallest absolute Gasteiger partial charge is 0.338 e. The lowest BCUT2D eigenvalue weighted by Crippen LogP contribution is -2.23. The van der Waals surface area contributed by atoms with Crippen molar-refractivity contribution >= 4 is 17.9 Å². The van der Waals surface area contributed by atoms with Gasteiger partial charge in [0.2, 0.25) is 0 Å². The van der Waals surface area contributed by atoms with Gasteiger partial charge in [0.1, 0.15) is 19.0 Å². The van der Waals surface area contributed by atoms with E-state index in [0.29, 0.717) is 0 Å². The minimum atomic E-state index is -1.33. The second-order valence-electron chi connectivity index (χ2n) is 3.78. The number of hydrogen-bond acceptors (Lipinski definition) is 7. The number of carbonyl (C=O) groups is 3. The number of phenolic OH excluding ortho intramolecular Hbond substituents is 1. The highest BCUT2D eigenvalue weighted by Gasteiger charge is 2.08. The van der Waals surface area contributed by atoms with Gasteiger partial charge in [-0.25, -0.2) is 4.79 Å². The minimum Gasteiger partial charge on any atom is -0.550 e. The molecule has 0 amide bonds. The zero-order valence-electron chi connectivity index (χ0n) is 10.5. The standard InChI is InChI=1S/C13H14O7/c14-10-3-1-9(2-4-10)13(18)20-8-7-19-12(17)6-5-11(15)16/h1-4,14H,5-8H2,(H,15,16)/p-1. The molecule has 0 aromatic heterocycles. The van der Waals surface area contributed by atoms with E-state index in [1.165, 1.54) is 24.3 Å². The number of aromatic hydroxyl groups is 1. The van der Waals surface area contributed by atoms with Gasteiger partial charge in [-0.3, -0.25) is 4.79 Å². The number of carbonyl (C=O) groups excluding carboxylic acids is 3. The van der Waals surface area contributed by atoms with Gasteiger partial charge in [0, 0.05) is 5.97 Å². The average molecular weight is 281 g/mol. The molecule has 0 fully saturated rings. The molecule has 108 valence electrons. The van der Waals surface area contributed by atoms with Gasteiger partial charge in [0.25, 0.3) is 0 Å². The number of phenols is 1. The van der Waals surface area contributed by atoms with Gasteiger partial charge in [-0.05, 0) is 30.7 Å². The van der Waals surface area contributed by atoms with Crippen LogP contribution >= 0.6 is 0 Å². The molecule has 0 aliphatic rings. The maximum atomic E-state index is 11.5. The fourth-order valence-corrected chi connectivity index (χ4v) is 1.25. The zero-order chi connectivity index (χ0) is 15.0. The molecule has 0 bridgehead atoms. The van der Waals surface area contributed by atoms with Crippen molar-refractivity contribution in [2.45, 2.75) is 12.8 Å². The van der Waals surface area contributed by atoms with E-state index in [9.17, 15) is 19.5 Å². The van der Waals surface area contributed by atoms with Crippen LogP contribution in [0, 0.1) is 0 Å². The number of aliphatic carboxylic acids is 1. The molecule has 7 nitrogen and oxygen atoms in total. The topological polar surface area (TPSA) is 113 Å². The summed E-state index contributed by atoms with van der Waals surface area (Å²) < 4.78 is 9.47. The van der Waals surface area contributed by atoms with E-state index in [4.69, 9.17) is 9.84 Å². The van der Waals surface area contributed by atoms with Crippen molar-refractivity contribution in [3.63, 3.8) is 0 Å². The summed E-state index contributed by atoms with van der Waals surface area (Å²) in [4.78, 5) is 32.6. The molecule has 1 aromatic rings. The second-order valence-corrected chi connectivity index (χ2v) is 3.78. The van der Waals surface area contributed by atoms with Crippen molar-refractivity contribution in [2.75, 3.05) is 13.2 Å². The van der Waals surface area contributed by atoms with Gasteiger partial charge >= 0.3 is 11.9 Å². The first-order valence-corrected chi connectivity index (χ1v) is 5.80. The summed E-state index contributed by atoms with van der Waals surface area (Å²) in [6.07, 6.45) is -0.694. The number of hydrogen-bond donors (Lipinski definition) is 1. The molecular formula is C13H13O7-.